The van der Waals surface area contributed by atoms with Gasteiger partial charge in [-0.2, -0.15) is 0 Å². The summed E-state index contributed by atoms with van der Waals surface area (Å²) in [6.07, 6.45) is 0. The van der Waals surface area contributed by atoms with Crippen molar-refractivity contribution >= 4 is 17.8 Å². The first-order valence-electron chi connectivity index (χ1n) is 8.89. The molecule has 2 aromatic rings. The fourth-order valence-electron chi connectivity index (χ4n) is 3.01. The number of hydrogen-bond acceptors (Lipinski definition) is 5. The number of amides is 1. The van der Waals surface area contributed by atoms with E-state index in [2.05, 4.69) is 0 Å². The zero-order valence-electron chi connectivity index (χ0n) is 15.3. The molecule has 0 aromatic heterocycles. The maximum atomic E-state index is 12.8. The Morgan fingerprint density at radius 2 is 1.26 bits per heavy atom. The van der Waals surface area contributed by atoms with Crippen LogP contribution >= 0.6 is 0 Å². The number of rotatable bonds is 6. The second-order valence-electron chi connectivity index (χ2n) is 6.05. The average Bonchev–Trinajstić information content (AvgIpc) is 3.45. The summed E-state index contributed by atoms with van der Waals surface area (Å²) in [5.74, 6) is -1.58. The maximum absolute atomic E-state index is 12.8. The molecule has 2 aromatic carbocycles. The van der Waals surface area contributed by atoms with Crippen molar-refractivity contribution < 1.29 is 23.9 Å². The lowest BCUT2D eigenvalue weighted by atomic mass is 10.0. The van der Waals surface area contributed by atoms with Gasteiger partial charge in [-0.05, 0) is 37.1 Å². The molecule has 0 bridgehead atoms. The van der Waals surface area contributed by atoms with Crippen LogP contribution in [0.15, 0.2) is 54.6 Å². The highest BCUT2D eigenvalue weighted by Crippen LogP contribution is 2.33. The van der Waals surface area contributed by atoms with Crippen LogP contribution in [0.5, 0.6) is 0 Å². The number of ether oxygens (including phenoxy) is 2. The maximum Gasteiger partial charge on any atom is 0.331 e. The number of nitrogens with zero attached hydrogens (tertiary/aromatic N) is 1. The Bertz CT molecular complexity index is 807. The van der Waals surface area contributed by atoms with Gasteiger partial charge in [0.05, 0.1) is 13.2 Å². The molecular weight excluding hydrogens is 346 g/mol. The van der Waals surface area contributed by atoms with Gasteiger partial charge in [0.2, 0.25) is 0 Å². The molecule has 1 aliphatic heterocycles. The zero-order chi connectivity index (χ0) is 19.4. The van der Waals surface area contributed by atoms with Crippen molar-refractivity contribution in [2.24, 2.45) is 0 Å². The van der Waals surface area contributed by atoms with Crippen molar-refractivity contribution in [1.29, 1.82) is 0 Å². The van der Waals surface area contributed by atoms with Gasteiger partial charge < -0.3 is 14.4 Å². The van der Waals surface area contributed by atoms with Crippen LogP contribution in [-0.2, 0) is 19.1 Å². The quantitative estimate of drug-likeness (QED) is 0.580. The molecule has 0 radical (unpaired) electrons. The third-order valence-corrected chi connectivity index (χ3v) is 4.34. The SMILES string of the molecule is CCOC(=O)[C@@H]1[C@@H](C(=O)OCC)N1C(=O)c1ccc(-c2ccccc2)cc1. The van der Waals surface area contributed by atoms with Gasteiger partial charge in [0.1, 0.15) is 0 Å². The molecule has 1 aliphatic rings. The Balaban J connectivity index is 1.79. The fraction of sp³-hybridized carbons (Fsp3) is 0.286. The van der Waals surface area contributed by atoms with Crippen molar-refractivity contribution in [2.45, 2.75) is 25.9 Å². The topological polar surface area (TPSA) is 72.7 Å². The van der Waals surface area contributed by atoms with Crippen molar-refractivity contribution in [1.82, 2.24) is 4.90 Å². The van der Waals surface area contributed by atoms with Crippen molar-refractivity contribution in [3.05, 3.63) is 60.2 Å². The minimum Gasteiger partial charge on any atom is -0.464 e. The Labute approximate surface area is 157 Å². The lowest BCUT2D eigenvalue weighted by Gasteiger charge is -2.07. The molecule has 1 fully saturated rings. The van der Waals surface area contributed by atoms with Gasteiger partial charge in [-0.3, -0.25) is 4.79 Å². The molecule has 140 valence electrons. The van der Waals surface area contributed by atoms with E-state index in [4.69, 9.17) is 9.47 Å². The highest BCUT2D eigenvalue weighted by Gasteiger charge is 2.61. The van der Waals surface area contributed by atoms with Crippen LogP contribution in [0, 0.1) is 0 Å². The number of hydrogen-bond donors (Lipinski definition) is 0. The van der Waals surface area contributed by atoms with E-state index in [0.717, 1.165) is 11.1 Å². The van der Waals surface area contributed by atoms with Gasteiger partial charge in [0.15, 0.2) is 12.1 Å². The summed E-state index contributed by atoms with van der Waals surface area (Å²) < 4.78 is 9.95. The summed E-state index contributed by atoms with van der Waals surface area (Å²) in [5, 5.41) is 0. The van der Waals surface area contributed by atoms with Gasteiger partial charge in [-0.15, -0.1) is 0 Å². The predicted octanol–water partition coefficient (Wildman–Crippen LogP) is 2.67. The number of benzene rings is 2. The number of carbonyl (C=O) groups is 3. The van der Waals surface area contributed by atoms with Crippen molar-refractivity contribution in [3.8, 4) is 11.1 Å². The second kappa shape index (κ2) is 8.03. The molecule has 1 heterocycles. The third kappa shape index (κ3) is 3.84. The second-order valence-corrected chi connectivity index (χ2v) is 6.05. The molecular formula is C21H21NO5. The van der Waals surface area contributed by atoms with E-state index in [9.17, 15) is 14.4 Å². The van der Waals surface area contributed by atoms with Gasteiger partial charge in [-0.1, -0.05) is 42.5 Å². The standard InChI is InChI=1S/C21H21NO5/c1-3-26-20(24)17-18(21(25)27-4-2)22(17)19(23)16-12-10-15(11-13-16)14-8-6-5-7-9-14/h5-13,17-18H,3-4H2,1-2H3/t17-,18-/m0/s1. The molecule has 0 spiro atoms. The number of carbonyl (C=O) groups excluding carboxylic acids is 3. The van der Waals surface area contributed by atoms with E-state index >= 15 is 0 Å². The van der Waals surface area contributed by atoms with Crippen LogP contribution in [0.1, 0.15) is 24.2 Å². The van der Waals surface area contributed by atoms with Crippen LogP contribution in [0.25, 0.3) is 11.1 Å². The Morgan fingerprint density at radius 3 is 1.74 bits per heavy atom. The summed E-state index contributed by atoms with van der Waals surface area (Å²) in [5.41, 5.74) is 2.41. The van der Waals surface area contributed by atoms with Crippen LogP contribution in [0.2, 0.25) is 0 Å². The first kappa shape index (κ1) is 18.6. The van der Waals surface area contributed by atoms with Gasteiger partial charge in [0.25, 0.3) is 5.91 Å². The average molecular weight is 367 g/mol. The fourth-order valence-corrected chi connectivity index (χ4v) is 3.01. The van der Waals surface area contributed by atoms with E-state index < -0.39 is 29.9 Å². The summed E-state index contributed by atoms with van der Waals surface area (Å²) in [7, 11) is 0. The lowest BCUT2D eigenvalue weighted by molar-refractivity contribution is -0.147. The Kier molecular flexibility index (Phi) is 5.54. The van der Waals surface area contributed by atoms with E-state index in [1.165, 1.54) is 4.90 Å². The summed E-state index contributed by atoms with van der Waals surface area (Å²) in [6.45, 7) is 3.71. The number of esters is 2. The minimum atomic E-state index is -0.926. The highest BCUT2D eigenvalue weighted by molar-refractivity contribution is 6.06. The van der Waals surface area contributed by atoms with E-state index in [0.29, 0.717) is 5.56 Å². The molecule has 0 saturated carbocycles. The molecule has 3 rings (SSSR count). The molecule has 2 atom stereocenters. The van der Waals surface area contributed by atoms with Crippen molar-refractivity contribution in [3.63, 3.8) is 0 Å². The van der Waals surface area contributed by atoms with Crippen LogP contribution in [-0.4, -0.2) is 48.0 Å². The van der Waals surface area contributed by atoms with Gasteiger partial charge in [0, 0.05) is 5.56 Å². The molecule has 0 aliphatic carbocycles. The molecule has 1 amide bonds. The lowest BCUT2D eigenvalue weighted by Crippen LogP contribution is -2.21. The summed E-state index contributed by atoms with van der Waals surface area (Å²) in [4.78, 5) is 38.2. The monoisotopic (exact) mass is 367 g/mol. The molecule has 27 heavy (non-hydrogen) atoms. The Morgan fingerprint density at radius 1 is 0.778 bits per heavy atom. The van der Waals surface area contributed by atoms with Gasteiger partial charge >= 0.3 is 11.9 Å². The summed E-state index contributed by atoms with van der Waals surface area (Å²) in [6, 6.07) is 15.0. The predicted molar refractivity (Wildman–Crippen MR) is 98.9 cm³/mol. The minimum absolute atomic E-state index is 0.179. The molecule has 6 nitrogen and oxygen atoms in total. The largest absolute Gasteiger partial charge is 0.464 e. The zero-order valence-corrected chi connectivity index (χ0v) is 15.3. The molecule has 0 unspecified atom stereocenters. The molecule has 0 N–H and O–H groups in total. The van der Waals surface area contributed by atoms with Crippen LogP contribution in [0.4, 0.5) is 0 Å². The van der Waals surface area contributed by atoms with Gasteiger partial charge in [-0.25, -0.2) is 9.59 Å². The van der Waals surface area contributed by atoms with Crippen molar-refractivity contribution in [2.75, 3.05) is 13.2 Å². The van der Waals surface area contributed by atoms with Crippen LogP contribution < -0.4 is 0 Å². The first-order chi connectivity index (χ1) is 13.1. The van der Waals surface area contributed by atoms with E-state index in [1.54, 1.807) is 26.0 Å². The first-order valence-corrected chi connectivity index (χ1v) is 8.89. The molecule has 1 saturated heterocycles. The molecule has 6 heteroatoms. The Hall–Kier alpha value is -3.15. The van der Waals surface area contributed by atoms with Crippen LogP contribution in [0.3, 0.4) is 0 Å². The van der Waals surface area contributed by atoms with E-state index in [-0.39, 0.29) is 13.2 Å². The van der Waals surface area contributed by atoms with E-state index in [1.807, 2.05) is 42.5 Å². The smallest absolute Gasteiger partial charge is 0.331 e. The highest BCUT2D eigenvalue weighted by atomic mass is 16.5. The third-order valence-electron chi connectivity index (χ3n) is 4.34. The summed E-state index contributed by atoms with van der Waals surface area (Å²) >= 11 is 0. The normalized spacial score (nSPS) is 17.9.